The van der Waals surface area contributed by atoms with Crippen molar-refractivity contribution in [2.24, 2.45) is 0 Å². The standard InChI is InChI=1S/C22H20N4O2S/c1-3-28-21(27)18-13-29-22(24-18)26-20(16-9-11-17(23)12-10-16)14(2)19(25-26)15-7-5-4-6-8-15/h4-13H,3,23H2,1-2H3. The monoisotopic (exact) mass is 404 g/mol. The van der Waals surface area contributed by atoms with Crippen LogP contribution < -0.4 is 5.73 Å². The largest absolute Gasteiger partial charge is 0.461 e. The Morgan fingerprint density at radius 2 is 1.83 bits per heavy atom. The number of nitrogens with two attached hydrogens (primary N) is 1. The number of nitrogens with zero attached hydrogens (tertiary/aromatic N) is 3. The van der Waals surface area contributed by atoms with Crippen molar-refractivity contribution >= 4 is 23.0 Å². The molecule has 146 valence electrons. The summed E-state index contributed by atoms with van der Waals surface area (Å²) in [4.78, 5) is 16.5. The summed E-state index contributed by atoms with van der Waals surface area (Å²) in [5.41, 5.74) is 11.6. The van der Waals surface area contributed by atoms with Gasteiger partial charge in [-0.15, -0.1) is 11.3 Å². The molecule has 29 heavy (non-hydrogen) atoms. The molecule has 6 nitrogen and oxygen atoms in total. The van der Waals surface area contributed by atoms with Crippen molar-refractivity contribution in [3.63, 3.8) is 0 Å². The van der Waals surface area contributed by atoms with E-state index in [0.29, 0.717) is 17.4 Å². The lowest BCUT2D eigenvalue weighted by molar-refractivity contribution is 0.0520. The zero-order valence-electron chi connectivity index (χ0n) is 16.1. The number of esters is 1. The number of rotatable bonds is 5. The molecule has 0 saturated carbocycles. The summed E-state index contributed by atoms with van der Waals surface area (Å²) in [6.45, 7) is 4.12. The maximum absolute atomic E-state index is 12.1. The van der Waals surface area contributed by atoms with E-state index in [-0.39, 0.29) is 5.69 Å². The summed E-state index contributed by atoms with van der Waals surface area (Å²) in [6.07, 6.45) is 0. The smallest absolute Gasteiger partial charge is 0.357 e. The Morgan fingerprint density at radius 1 is 1.10 bits per heavy atom. The molecule has 0 atom stereocenters. The summed E-state index contributed by atoms with van der Waals surface area (Å²) < 4.78 is 6.85. The number of nitrogen functional groups attached to an aromatic ring is 1. The Balaban J connectivity index is 1.88. The number of anilines is 1. The number of thiazole rings is 1. The van der Waals surface area contributed by atoms with Crippen LogP contribution in [0.3, 0.4) is 0 Å². The second-order valence-electron chi connectivity index (χ2n) is 6.46. The first-order valence-electron chi connectivity index (χ1n) is 9.22. The third kappa shape index (κ3) is 3.64. The van der Waals surface area contributed by atoms with Gasteiger partial charge in [-0.25, -0.2) is 14.5 Å². The minimum Gasteiger partial charge on any atom is -0.461 e. The molecule has 0 saturated heterocycles. The van der Waals surface area contributed by atoms with Gasteiger partial charge < -0.3 is 10.5 Å². The lowest BCUT2D eigenvalue weighted by atomic mass is 10.0. The van der Waals surface area contributed by atoms with Crippen LogP contribution in [0, 0.1) is 6.92 Å². The predicted octanol–water partition coefficient (Wildman–Crippen LogP) is 4.73. The molecule has 0 aliphatic carbocycles. The highest BCUT2D eigenvalue weighted by atomic mass is 32.1. The topological polar surface area (TPSA) is 83.0 Å². The maximum Gasteiger partial charge on any atom is 0.357 e. The van der Waals surface area contributed by atoms with Crippen LogP contribution >= 0.6 is 11.3 Å². The molecule has 0 aliphatic heterocycles. The molecule has 2 N–H and O–H groups in total. The molecule has 2 aromatic carbocycles. The summed E-state index contributed by atoms with van der Waals surface area (Å²) in [5.74, 6) is -0.434. The van der Waals surface area contributed by atoms with Crippen LogP contribution in [0.2, 0.25) is 0 Å². The highest BCUT2D eigenvalue weighted by Gasteiger charge is 2.21. The molecule has 0 aliphatic rings. The Labute approximate surface area is 172 Å². The maximum atomic E-state index is 12.1. The van der Waals surface area contributed by atoms with Crippen LogP contribution in [0.15, 0.2) is 60.0 Å². The molecule has 4 rings (SSSR count). The molecule has 0 amide bonds. The first kappa shape index (κ1) is 18.9. The van der Waals surface area contributed by atoms with Gasteiger partial charge in [0.15, 0.2) is 5.69 Å². The number of hydrogen-bond acceptors (Lipinski definition) is 6. The van der Waals surface area contributed by atoms with Gasteiger partial charge in [0, 0.05) is 27.8 Å². The fraction of sp³-hybridized carbons (Fsp3) is 0.136. The van der Waals surface area contributed by atoms with E-state index in [1.807, 2.05) is 61.5 Å². The van der Waals surface area contributed by atoms with E-state index in [2.05, 4.69) is 4.98 Å². The summed E-state index contributed by atoms with van der Waals surface area (Å²) >= 11 is 1.35. The molecule has 7 heteroatoms. The van der Waals surface area contributed by atoms with Gasteiger partial charge in [0.1, 0.15) is 0 Å². The number of carbonyl (C=O) groups is 1. The van der Waals surface area contributed by atoms with E-state index in [0.717, 1.165) is 28.1 Å². The van der Waals surface area contributed by atoms with Crippen LogP contribution in [0.4, 0.5) is 5.69 Å². The first-order chi connectivity index (χ1) is 14.1. The SMILES string of the molecule is CCOC(=O)c1csc(-n2nc(-c3ccccc3)c(C)c2-c2ccc(N)cc2)n1. The second-order valence-corrected chi connectivity index (χ2v) is 7.29. The summed E-state index contributed by atoms with van der Waals surface area (Å²) in [7, 11) is 0. The number of benzene rings is 2. The van der Waals surface area contributed by atoms with Gasteiger partial charge in [-0.1, -0.05) is 42.5 Å². The summed E-state index contributed by atoms with van der Waals surface area (Å²) in [6, 6.07) is 17.6. The highest BCUT2D eigenvalue weighted by Crippen LogP contribution is 2.34. The van der Waals surface area contributed by atoms with Crippen LogP contribution in [-0.4, -0.2) is 27.3 Å². The molecule has 0 radical (unpaired) electrons. The van der Waals surface area contributed by atoms with Crippen LogP contribution in [0.1, 0.15) is 23.0 Å². The van der Waals surface area contributed by atoms with Crippen molar-refractivity contribution in [3.8, 4) is 27.6 Å². The van der Waals surface area contributed by atoms with Crippen molar-refractivity contribution in [1.29, 1.82) is 0 Å². The number of aromatic nitrogens is 3. The van der Waals surface area contributed by atoms with Gasteiger partial charge in [-0.05, 0) is 26.0 Å². The van der Waals surface area contributed by atoms with Crippen LogP contribution in [0.5, 0.6) is 0 Å². The average Bonchev–Trinajstić information content (AvgIpc) is 3.35. The van der Waals surface area contributed by atoms with Gasteiger partial charge in [0.2, 0.25) is 5.13 Å². The third-order valence-electron chi connectivity index (χ3n) is 4.51. The third-order valence-corrected chi connectivity index (χ3v) is 5.33. The molecule has 2 heterocycles. The lowest BCUT2D eigenvalue weighted by Crippen LogP contribution is -2.06. The van der Waals surface area contributed by atoms with E-state index in [9.17, 15) is 4.79 Å². The fourth-order valence-corrected chi connectivity index (χ4v) is 3.89. The highest BCUT2D eigenvalue weighted by molar-refractivity contribution is 7.12. The molecule has 0 fully saturated rings. The Kier molecular flexibility index (Phi) is 5.14. The van der Waals surface area contributed by atoms with Crippen molar-refractivity contribution in [2.45, 2.75) is 13.8 Å². The van der Waals surface area contributed by atoms with Gasteiger partial charge in [0.25, 0.3) is 0 Å². The zero-order valence-corrected chi connectivity index (χ0v) is 16.9. The fourth-order valence-electron chi connectivity index (χ4n) is 3.14. The van der Waals surface area contributed by atoms with Crippen LogP contribution in [-0.2, 0) is 4.74 Å². The Hall–Kier alpha value is -3.45. The normalized spacial score (nSPS) is 10.8. The quantitative estimate of drug-likeness (QED) is 0.384. The minimum atomic E-state index is -0.434. The number of carbonyl (C=O) groups excluding carboxylic acids is 1. The number of hydrogen-bond donors (Lipinski definition) is 1. The molecule has 0 unspecified atom stereocenters. The van der Waals surface area contributed by atoms with Crippen molar-refractivity contribution in [2.75, 3.05) is 12.3 Å². The Morgan fingerprint density at radius 3 is 2.52 bits per heavy atom. The lowest BCUT2D eigenvalue weighted by Gasteiger charge is -2.06. The molecular weight excluding hydrogens is 384 g/mol. The van der Waals surface area contributed by atoms with Crippen molar-refractivity contribution < 1.29 is 9.53 Å². The molecule has 0 spiro atoms. The van der Waals surface area contributed by atoms with Gasteiger partial charge in [-0.3, -0.25) is 0 Å². The van der Waals surface area contributed by atoms with E-state index < -0.39 is 5.97 Å². The van der Waals surface area contributed by atoms with E-state index in [4.69, 9.17) is 15.6 Å². The van der Waals surface area contributed by atoms with E-state index >= 15 is 0 Å². The second kappa shape index (κ2) is 7.89. The average molecular weight is 404 g/mol. The molecule has 0 bridgehead atoms. The number of ether oxygens (including phenoxy) is 1. The molecule has 2 aromatic heterocycles. The summed E-state index contributed by atoms with van der Waals surface area (Å²) in [5, 5.41) is 7.14. The zero-order chi connectivity index (χ0) is 20.4. The van der Waals surface area contributed by atoms with Gasteiger partial charge in [-0.2, -0.15) is 5.10 Å². The molecular formula is C22H20N4O2S. The van der Waals surface area contributed by atoms with Gasteiger partial charge in [0.05, 0.1) is 18.0 Å². The van der Waals surface area contributed by atoms with Crippen molar-refractivity contribution in [1.82, 2.24) is 14.8 Å². The van der Waals surface area contributed by atoms with E-state index in [1.54, 1.807) is 17.0 Å². The molecule has 4 aromatic rings. The minimum absolute atomic E-state index is 0.282. The van der Waals surface area contributed by atoms with Crippen LogP contribution in [0.25, 0.3) is 27.6 Å². The Bertz CT molecular complexity index is 1150. The predicted molar refractivity (Wildman–Crippen MR) is 115 cm³/mol. The van der Waals surface area contributed by atoms with E-state index in [1.165, 1.54) is 11.3 Å². The van der Waals surface area contributed by atoms with Crippen molar-refractivity contribution in [3.05, 3.63) is 71.2 Å². The first-order valence-corrected chi connectivity index (χ1v) is 10.1. The van der Waals surface area contributed by atoms with Gasteiger partial charge >= 0.3 is 5.97 Å².